The molecule has 1 heterocycles. The lowest BCUT2D eigenvalue weighted by molar-refractivity contribution is 0.476. The van der Waals surface area contributed by atoms with E-state index in [2.05, 4.69) is 4.98 Å². The first-order chi connectivity index (χ1) is 9.65. The van der Waals surface area contributed by atoms with Gasteiger partial charge in [0.2, 0.25) is 0 Å². The second-order valence-corrected chi connectivity index (χ2v) is 4.95. The Balaban J connectivity index is 2.16. The molecule has 0 saturated carbocycles. The van der Waals surface area contributed by atoms with E-state index in [-0.39, 0.29) is 11.3 Å². The van der Waals surface area contributed by atoms with Crippen LogP contribution in [0.15, 0.2) is 53.3 Å². The number of H-pyrrole nitrogens is 1. The molecule has 100 valence electrons. The highest BCUT2D eigenvalue weighted by molar-refractivity contribution is 5.84. The average molecular weight is 265 g/mol. The molecule has 0 aliphatic heterocycles. The van der Waals surface area contributed by atoms with Crippen molar-refractivity contribution < 1.29 is 5.11 Å². The third-order valence-corrected chi connectivity index (χ3v) is 3.61. The Kier molecular flexibility index (Phi) is 3.03. The number of hydrogen-bond donors (Lipinski definition) is 2. The third kappa shape index (κ3) is 2.18. The molecular formula is C17H15NO2. The molecule has 0 amide bonds. The second kappa shape index (κ2) is 4.85. The maximum atomic E-state index is 12.2. The van der Waals surface area contributed by atoms with Crippen LogP contribution in [-0.2, 0) is 6.42 Å². The van der Waals surface area contributed by atoms with E-state index in [0.717, 1.165) is 22.1 Å². The van der Waals surface area contributed by atoms with Crippen LogP contribution < -0.4 is 5.56 Å². The molecular weight excluding hydrogens is 250 g/mol. The van der Waals surface area contributed by atoms with Gasteiger partial charge in [-0.2, -0.15) is 0 Å². The number of phenolic OH excluding ortho intramolecular Hbond substituents is 1. The SMILES string of the molecule is Cc1c(Cc2ccccc2)c(=O)[nH]c2cc(O)ccc12. The van der Waals surface area contributed by atoms with E-state index in [1.165, 1.54) is 0 Å². The van der Waals surface area contributed by atoms with E-state index >= 15 is 0 Å². The zero-order valence-electron chi connectivity index (χ0n) is 11.2. The highest BCUT2D eigenvalue weighted by Crippen LogP contribution is 2.22. The number of fused-ring (bicyclic) bond motifs is 1. The summed E-state index contributed by atoms with van der Waals surface area (Å²) in [6.45, 7) is 1.95. The maximum Gasteiger partial charge on any atom is 0.252 e. The molecule has 3 rings (SSSR count). The van der Waals surface area contributed by atoms with Gasteiger partial charge >= 0.3 is 0 Å². The van der Waals surface area contributed by atoms with Crippen LogP contribution in [0.3, 0.4) is 0 Å². The molecule has 3 nitrogen and oxygen atoms in total. The third-order valence-electron chi connectivity index (χ3n) is 3.61. The van der Waals surface area contributed by atoms with Crippen molar-refractivity contribution in [2.75, 3.05) is 0 Å². The predicted molar refractivity (Wildman–Crippen MR) is 80.2 cm³/mol. The van der Waals surface area contributed by atoms with Crippen molar-refractivity contribution in [3.05, 3.63) is 75.6 Å². The molecule has 2 aromatic carbocycles. The Morgan fingerprint density at radius 1 is 1.10 bits per heavy atom. The highest BCUT2D eigenvalue weighted by atomic mass is 16.3. The number of pyridine rings is 1. The minimum Gasteiger partial charge on any atom is -0.508 e. The van der Waals surface area contributed by atoms with Crippen LogP contribution in [0.2, 0.25) is 0 Å². The van der Waals surface area contributed by atoms with E-state index in [1.807, 2.05) is 43.3 Å². The summed E-state index contributed by atoms with van der Waals surface area (Å²) >= 11 is 0. The Hall–Kier alpha value is -2.55. The fraction of sp³-hybridized carbons (Fsp3) is 0.118. The fourth-order valence-electron chi connectivity index (χ4n) is 2.51. The Morgan fingerprint density at radius 2 is 1.85 bits per heavy atom. The molecule has 0 radical (unpaired) electrons. The summed E-state index contributed by atoms with van der Waals surface area (Å²) in [5.74, 6) is 0.156. The van der Waals surface area contributed by atoms with Gasteiger partial charge in [-0.3, -0.25) is 4.79 Å². The number of aryl methyl sites for hydroxylation is 1. The standard InChI is InChI=1S/C17H15NO2/c1-11-14-8-7-13(19)10-16(14)18-17(20)15(11)9-12-5-3-2-4-6-12/h2-8,10,19H,9H2,1H3,(H,18,20). The summed E-state index contributed by atoms with van der Waals surface area (Å²) in [5, 5.41) is 10.5. The quantitative estimate of drug-likeness (QED) is 0.748. The van der Waals surface area contributed by atoms with Gasteiger partial charge in [0.05, 0.1) is 5.52 Å². The van der Waals surface area contributed by atoms with E-state index in [0.29, 0.717) is 11.9 Å². The number of nitrogens with one attached hydrogen (secondary N) is 1. The molecule has 0 saturated heterocycles. The van der Waals surface area contributed by atoms with Crippen molar-refractivity contribution in [2.45, 2.75) is 13.3 Å². The molecule has 0 atom stereocenters. The highest BCUT2D eigenvalue weighted by Gasteiger charge is 2.10. The molecule has 20 heavy (non-hydrogen) atoms. The van der Waals surface area contributed by atoms with Crippen molar-refractivity contribution >= 4 is 10.9 Å². The number of hydrogen-bond acceptors (Lipinski definition) is 2. The number of aromatic amines is 1. The van der Waals surface area contributed by atoms with Crippen LogP contribution in [0, 0.1) is 6.92 Å². The zero-order valence-corrected chi connectivity index (χ0v) is 11.2. The van der Waals surface area contributed by atoms with Crippen molar-refractivity contribution in [3.63, 3.8) is 0 Å². The van der Waals surface area contributed by atoms with Crippen LogP contribution in [0.25, 0.3) is 10.9 Å². The first-order valence-electron chi connectivity index (χ1n) is 6.53. The molecule has 0 spiro atoms. The Bertz CT molecular complexity index is 820. The van der Waals surface area contributed by atoms with Crippen molar-refractivity contribution in [1.82, 2.24) is 4.98 Å². The van der Waals surface area contributed by atoms with Crippen molar-refractivity contribution in [2.24, 2.45) is 0 Å². The molecule has 0 aliphatic rings. The van der Waals surface area contributed by atoms with Crippen LogP contribution in [0.4, 0.5) is 0 Å². The van der Waals surface area contributed by atoms with E-state index in [1.54, 1.807) is 12.1 Å². The van der Waals surface area contributed by atoms with Gasteiger partial charge < -0.3 is 10.1 Å². The molecule has 0 aliphatic carbocycles. The van der Waals surface area contributed by atoms with Gasteiger partial charge in [-0.25, -0.2) is 0 Å². The summed E-state index contributed by atoms with van der Waals surface area (Å²) in [4.78, 5) is 15.1. The summed E-state index contributed by atoms with van der Waals surface area (Å²) in [5.41, 5.74) is 3.43. The maximum absolute atomic E-state index is 12.2. The summed E-state index contributed by atoms with van der Waals surface area (Å²) in [6, 6.07) is 15.0. The summed E-state index contributed by atoms with van der Waals surface area (Å²) in [7, 11) is 0. The molecule has 0 unspecified atom stereocenters. The Morgan fingerprint density at radius 3 is 2.60 bits per heavy atom. The van der Waals surface area contributed by atoms with Crippen LogP contribution >= 0.6 is 0 Å². The first kappa shape index (κ1) is 12.5. The molecule has 1 aromatic heterocycles. The van der Waals surface area contributed by atoms with E-state index < -0.39 is 0 Å². The molecule has 0 fully saturated rings. The van der Waals surface area contributed by atoms with Gasteiger partial charge in [0.15, 0.2) is 0 Å². The summed E-state index contributed by atoms with van der Waals surface area (Å²) in [6.07, 6.45) is 0.610. The Labute approximate surface area is 116 Å². The topological polar surface area (TPSA) is 53.1 Å². The average Bonchev–Trinajstić information content (AvgIpc) is 2.44. The molecule has 0 bridgehead atoms. The molecule has 3 heteroatoms. The van der Waals surface area contributed by atoms with Gasteiger partial charge in [0, 0.05) is 23.4 Å². The molecule has 3 aromatic rings. The lowest BCUT2D eigenvalue weighted by atomic mass is 9.99. The number of aromatic hydroxyl groups is 1. The summed E-state index contributed by atoms with van der Waals surface area (Å²) < 4.78 is 0. The fourth-order valence-corrected chi connectivity index (χ4v) is 2.51. The zero-order chi connectivity index (χ0) is 14.1. The van der Waals surface area contributed by atoms with Crippen LogP contribution in [-0.4, -0.2) is 10.1 Å². The van der Waals surface area contributed by atoms with Gasteiger partial charge in [-0.1, -0.05) is 30.3 Å². The van der Waals surface area contributed by atoms with Crippen LogP contribution in [0.5, 0.6) is 5.75 Å². The van der Waals surface area contributed by atoms with E-state index in [4.69, 9.17) is 0 Å². The lowest BCUT2D eigenvalue weighted by Crippen LogP contribution is -2.15. The first-order valence-corrected chi connectivity index (χ1v) is 6.53. The normalized spacial score (nSPS) is 10.8. The monoisotopic (exact) mass is 265 g/mol. The van der Waals surface area contributed by atoms with Gasteiger partial charge in [0.25, 0.3) is 5.56 Å². The van der Waals surface area contributed by atoms with Crippen molar-refractivity contribution in [1.29, 1.82) is 0 Å². The van der Waals surface area contributed by atoms with Crippen LogP contribution in [0.1, 0.15) is 16.7 Å². The minimum absolute atomic E-state index is 0.0931. The largest absolute Gasteiger partial charge is 0.508 e. The lowest BCUT2D eigenvalue weighted by Gasteiger charge is -2.09. The number of benzene rings is 2. The van der Waals surface area contributed by atoms with Gasteiger partial charge in [-0.15, -0.1) is 0 Å². The van der Waals surface area contributed by atoms with Crippen molar-refractivity contribution in [3.8, 4) is 5.75 Å². The van der Waals surface area contributed by atoms with Gasteiger partial charge in [-0.05, 0) is 30.2 Å². The number of aromatic nitrogens is 1. The second-order valence-electron chi connectivity index (χ2n) is 4.95. The predicted octanol–water partition coefficient (Wildman–Crippen LogP) is 3.13. The molecule has 2 N–H and O–H groups in total. The van der Waals surface area contributed by atoms with Gasteiger partial charge in [0.1, 0.15) is 5.75 Å². The number of rotatable bonds is 2. The minimum atomic E-state index is -0.0931. The smallest absolute Gasteiger partial charge is 0.252 e. The van der Waals surface area contributed by atoms with E-state index in [9.17, 15) is 9.90 Å². The number of phenols is 1.